The molecule has 2 heterocycles. The molecule has 0 aromatic heterocycles. The molecule has 3 amide bonds. The lowest BCUT2D eigenvalue weighted by molar-refractivity contribution is -0.140. The maximum Gasteiger partial charge on any atom is 0.242 e. The number of halogens is 1. The number of nitrogens with one attached hydrogen (secondary N) is 2. The van der Waals surface area contributed by atoms with Gasteiger partial charge in [0.1, 0.15) is 0 Å². The van der Waals surface area contributed by atoms with Crippen LogP contribution in [0.3, 0.4) is 0 Å². The van der Waals surface area contributed by atoms with Gasteiger partial charge in [-0.1, -0.05) is 20.8 Å². The van der Waals surface area contributed by atoms with Crippen molar-refractivity contribution in [2.45, 2.75) is 39.7 Å². The van der Waals surface area contributed by atoms with Gasteiger partial charge in [-0.05, 0) is 12.8 Å². The van der Waals surface area contributed by atoms with Crippen LogP contribution in [0.25, 0.3) is 0 Å². The van der Waals surface area contributed by atoms with Crippen LogP contribution in [0.15, 0.2) is 0 Å². The second kappa shape index (κ2) is 8.67. The summed E-state index contributed by atoms with van der Waals surface area (Å²) in [6, 6.07) is 0.0978. The fourth-order valence-electron chi connectivity index (χ4n) is 2.98. The molecule has 24 heavy (non-hydrogen) atoms. The quantitative estimate of drug-likeness (QED) is 0.742. The molecule has 2 saturated heterocycles. The first-order valence-electron chi connectivity index (χ1n) is 8.35. The average Bonchev–Trinajstić information content (AvgIpc) is 2.52. The second-order valence-corrected chi connectivity index (χ2v) is 7.33. The second-order valence-electron chi connectivity index (χ2n) is 7.33. The minimum atomic E-state index is -0.502. The third-order valence-electron chi connectivity index (χ3n) is 4.40. The van der Waals surface area contributed by atoms with Crippen molar-refractivity contribution in [1.29, 1.82) is 0 Å². The van der Waals surface area contributed by atoms with Gasteiger partial charge in [0.05, 0.1) is 13.1 Å². The van der Waals surface area contributed by atoms with Crippen LogP contribution in [-0.4, -0.2) is 72.8 Å². The Morgan fingerprint density at radius 1 is 1.29 bits per heavy atom. The first kappa shape index (κ1) is 20.7. The van der Waals surface area contributed by atoms with Gasteiger partial charge in [0.25, 0.3) is 0 Å². The maximum absolute atomic E-state index is 12.3. The molecule has 2 aliphatic heterocycles. The lowest BCUT2D eigenvalue weighted by Crippen LogP contribution is -2.58. The predicted molar refractivity (Wildman–Crippen MR) is 93.9 cm³/mol. The van der Waals surface area contributed by atoms with Crippen molar-refractivity contribution in [1.82, 2.24) is 20.4 Å². The van der Waals surface area contributed by atoms with Gasteiger partial charge < -0.3 is 20.4 Å². The number of amides is 3. The van der Waals surface area contributed by atoms with E-state index in [4.69, 9.17) is 0 Å². The molecule has 2 aliphatic rings. The minimum Gasteiger partial charge on any atom is -0.347 e. The number of hydrogen-bond acceptors (Lipinski definition) is 4. The molecule has 0 aliphatic carbocycles. The molecule has 7 nitrogen and oxygen atoms in total. The third kappa shape index (κ3) is 5.34. The van der Waals surface area contributed by atoms with E-state index in [9.17, 15) is 14.4 Å². The lowest BCUT2D eigenvalue weighted by atomic mass is 9.96. The maximum atomic E-state index is 12.3. The van der Waals surface area contributed by atoms with Crippen molar-refractivity contribution in [3.8, 4) is 0 Å². The number of carbonyl (C=O) groups excluding carboxylic acids is 3. The number of carbonyl (C=O) groups is 3. The summed E-state index contributed by atoms with van der Waals surface area (Å²) < 4.78 is 0. The van der Waals surface area contributed by atoms with Crippen molar-refractivity contribution < 1.29 is 14.4 Å². The fraction of sp³-hybridized carbons (Fsp3) is 0.812. The third-order valence-corrected chi connectivity index (χ3v) is 4.40. The molecule has 1 unspecified atom stereocenters. The molecule has 8 heteroatoms. The van der Waals surface area contributed by atoms with Gasteiger partial charge in [0.15, 0.2) is 0 Å². The summed E-state index contributed by atoms with van der Waals surface area (Å²) in [7, 11) is 0. The van der Waals surface area contributed by atoms with Gasteiger partial charge in [-0.3, -0.25) is 14.4 Å². The van der Waals surface area contributed by atoms with E-state index < -0.39 is 5.41 Å². The first-order chi connectivity index (χ1) is 10.8. The number of rotatable bonds is 3. The van der Waals surface area contributed by atoms with E-state index in [-0.39, 0.29) is 42.7 Å². The highest BCUT2D eigenvalue weighted by atomic mass is 35.5. The zero-order valence-corrected chi connectivity index (χ0v) is 15.6. The first-order valence-corrected chi connectivity index (χ1v) is 8.35. The standard InChI is InChI=1S/C16H28N4O3.ClH/c1-16(2,3)15(23)18-10-13(21)19-7-4-5-12(11-19)20-8-6-17-9-14(20)22;/h12,17H,4-11H2,1-3H3,(H,18,23);1H. The van der Waals surface area contributed by atoms with E-state index in [2.05, 4.69) is 10.6 Å². The Morgan fingerprint density at radius 3 is 2.62 bits per heavy atom. The zero-order valence-electron chi connectivity index (χ0n) is 14.8. The molecule has 0 aromatic carbocycles. The van der Waals surface area contributed by atoms with E-state index in [0.29, 0.717) is 26.2 Å². The van der Waals surface area contributed by atoms with Crippen LogP contribution in [0, 0.1) is 5.41 Å². The highest BCUT2D eigenvalue weighted by Crippen LogP contribution is 2.17. The number of piperidine rings is 1. The Bertz CT molecular complexity index is 478. The molecule has 0 radical (unpaired) electrons. The molecule has 2 N–H and O–H groups in total. The van der Waals surface area contributed by atoms with Gasteiger partial charge in [0.2, 0.25) is 17.7 Å². The van der Waals surface area contributed by atoms with Crippen molar-refractivity contribution in [3.63, 3.8) is 0 Å². The van der Waals surface area contributed by atoms with Crippen LogP contribution >= 0.6 is 12.4 Å². The minimum absolute atomic E-state index is 0. The number of likely N-dealkylation sites (tertiary alicyclic amines) is 1. The Labute approximate surface area is 149 Å². The van der Waals surface area contributed by atoms with Crippen LogP contribution in [0.5, 0.6) is 0 Å². The largest absolute Gasteiger partial charge is 0.347 e. The average molecular weight is 361 g/mol. The SMILES string of the molecule is CC(C)(C)C(=O)NCC(=O)N1CCCC(N2CCNCC2=O)C1.Cl. The van der Waals surface area contributed by atoms with Gasteiger partial charge >= 0.3 is 0 Å². The molecule has 0 saturated carbocycles. The monoisotopic (exact) mass is 360 g/mol. The highest BCUT2D eigenvalue weighted by Gasteiger charge is 2.32. The van der Waals surface area contributed by atoms with E-state index in [0.717, 1.165) is 19.4 Å². The number of nitrogens with zero attached hydrogens (tertiary/aromatic N) is 2. The molecule has 0 spiro atoms. The molecule has 0 bridgehead atoms. The smallest absolute Gasteiger partial charge is 0.242 e. The van der Waals surface area contributed by atoms with Crippen LogP contribution in [0.2, 0.25) is 0 Å². The Kier molecular flexibility index (Phi) is 7.48. The molecule has 1 atom stereocenters. The van der Waals surface area contributed by atoms with Gasteiger partial charge in [-0.25, -0.2) is 0 Å². The zero-order chi connectivity index (χ0) is 17.0. The van der Waals surface area contributed by atoms with Crippen molar-refractivity contribution in [2.75, 3.05) is 39.3 Å². The van der Waals surface area contributed by atoms with E-state index in [1.807, 2.05) is 25.7 Å². The highest BCUT2D eigenvalue weighted by molar-refractivity contribution is 5.87. The van der Waals surface area contributed by atoms with Crippen LogP contribution in [-0.2, 0) is 14.4 Å². The Balaban J connectivity index is 0.00000288. The van der Waals surface area contributed by atoms with Crippen molar-refractivity contribution >= 4 is 30.1 Å². The summed E-state index contributed by atoms with van der Waals surface area (Å²) in [4.78, 5) is 39.9. The fourth-order valence-corrected chi connectivity index (χ4v) is 2.98. The van der Waals surface area contributed by atoms with Gasteiger partial charge in [-0.15, -0.1) is 12.4 Å². The molecule has 2 rings (SSSR count). The van der Waals surface area contributed by atoms with Crippen LogP contribution in [0.4, 0.5) is 0 Å². The summed E-state index contributed by atoms with van der Waals surface area (Å²) in [5.74, 6) is -0.0943. The van der Waals surface area contributed by atoms with E-state index in [1.54, 1.807) is 4.90 Å². The Hall–Kier alpha value is -1.34. The summed E-state index contributed by atoms with van der Waals surface area (Å²) in [5.41, 5.74) is -0.502. The predicted octanol–water partition coefficient (Wildman–Crippen LogP) is -0.00670. The van der Waals surface area contributed by atoms with E-state index in [1.165, 1.54) is 0 Å². The topological polar surface area (TPSA) is 81.8 Å². The normalized spacial score (nSPS) is 22.0. The summed E-state index contributed by atoms with van der Waals surface area (Å²) in [6.07, 6.45) is 1.82. The van der Waals surface area contributed by atoms with Gasteiger partial charge in [0, 0.05) is 37.6 Å². The molecule has 138 valence electrons. The molecule has 2 fully saturated rings. The summed E-state index contributed by atoms with van der Waals surface area (Å²) in [6.45, 7) is 8.63. The van der Waals surface area contributed by atoms with E-state index >= 15 is 0 Å². The number of piperazine rings is 1. The molecule has 0 aromatic rings. The molecular weight excluding hydrogens is 332 g/mol. The van der Waals surface area contributed by atoms with Gasteiger partial charge in [-0.2, -0.15) is 0 Å². The summed E-state index contributed by atoms with van der Waals surface area (Å²) >= 11 is 0. The van der Waals surface area contributed by atoms with Crippen molar-refractivity contribution in [3.05, 3.63) is 0 Å². The summed E-state index contributed by atoms with van der Waals surface area (Å²) in [5, 5.41) is 5.77. The lowest BCUT2D eigenvalue weighted by Gasteiger charge is -2.41. The van der Waals surface area contributed by atoms with Crippen LogP contribution in [0.1, 0.15) is 33.6 Å². The Morgan fingerprint density at radius 2 is 2.00 bits per heavy atom. The molecular formula is C16H29ClN4O3. The number of hydrogen-bond donors (Lipinski definition) is 2. The van der Waals surface area contributed by atoms with Crippen LogP contribution < -0.4 is 10.6 Å². The van der Waals surface area contributed by atoms with Crippen molar-refractivity contribution in [2.24, 2.45) is 5.41 Å².